The van der Waals surface area contributed by atoms with Crippen molar-refractivity contribution < 1.29 is 9.15 Å². The number of nitrogens with zero attached hydrogens (tertiary/aromatic N) is 2. The van der Waals surface area contributed by atoms with Crippen LogP contribution in [0.5, 0.6) is 11.5 Å². The molecule has 9 aromatic rings. The van der Waals surface area contributed by atoms with Gasteiger partial charge in [-0.3, -0.25) is 0 Å². The molecule has 0 saturated heterocycles. The van der Waals surface area contributed by atoms with Gasteiger partial charge in [0.05, 0.1) is 22.7 Å². The van der Waals surface area contributed by atoms with Crippen molar-refractivity contribution >= 4 is 56.1 Å². The number of furan rings is 1. The molecule has 0 bridgehead atoms. The zero-order valence-corrected chi connectivity index (χ0v) is 32.9. The average molecular weight is 749 g/mol. The molecule has 58 heavy (non-hydrogen) atoms. The number of fused-ring (bicyclic) bond motifs is 10. The zero-order chi connectivity index (χ0) is 38.9. The van der Waals surface area contributed by atoms with E-state index in [1.54, 1.807) is 0 Å². The Morgan fingerprint density at radius 2 is 1.17 bits per heavy atom. The zero-order valence-electron chi connectivity index (χ0n) is 32.9. The summed E-state index contributed by atoms with van der Waals surface area (Å²) in [5.41, 5.74) is 17.7. The van der Waals surface area contributed by atoms with Crippen molar-refractivity contribution in [3.8, 4) is 33.8 Å². The van der Waals surface area contributed by atoms with E-state index in [0.29, 0.717) is 0 Å². The van der Waals surface area contributed by atoms with Crippen LogP contribution in [0.3, 0.4) is 0 Å². The molecule has 1 aromatic heterocycles. The number of anilines is 6. The first-order chi connectivity index (χ1) is 28.3. The quantitative estimate of drug-likeness (QED) is 0.179. The average Bonchev–Trinajstić information content (AvgIpc) is 3.75. The largest absolute Gasteiger partial charge is 0.455 e. The van der Waals surface area contributed by atoms with Crippen LogP contribution in [-0.2, 0) is 10.8 Å². The Balaban J connectivity index is 1.10. The van der Waals surface area contributed by atoms with E-state index in [2.05, 4.69) is 201 Å². The standard InChI is InChI=1S/C54H40N2O2/c1-53(2)41-23-10-8-18-35(41)36-29-28-34(32-43(36)53)55(33-16-6-5-7-17-33)46-31-30-42-50-52(46)58-48-27-13-11-24-44(48)56(50)45-25-15-20-38(49(45)54(42,3)4)40-22-14-21-39-37-19-9-12-26-47(37)57-51(39)40/h5-32H,1-4H3. The van der Waals surface area contributed by atoms with Gasteiger partial charge in [-0.05, 0) is 93.5 Å². The molecule has 0 fully saturated rings. The molecule has 4 nitrogen and oxygen atoms in total. The van der Waals surface area contributed by atoms with Crippen LogP contribution in [0.2, 0.25) is 0 Å². The van der Waals surface area contributed by atoms with Crippen LogP contribution < -0.4 is 14.5 Å². The third kappa shape index (κ3) is 4.40. The third-order valence-electron chi connectivity index (χ3n) is 13.0. The second-order valence-electron chi connectivity index (χ2n) is 16.9. The Bertz CT molecular complexity index is 3170. The van der Waals surface area contributed by atoms with E-state index < -0.39 is 5.41 Å². The molecule has 3 heterocycles. The van der Waals surface area contributed by atoms with E-state index in [9.17, 15) is 0 Å². The Hall–Kier alpha value is -7.04. The van der Waals surface area contributed by atoms with Crippen molar-refractivity contribution in [2.24, 2.45) is 0 Å². The first-order valence-corrected chi connectivity index (χ1v) is 20.2. The van der Waals surface area contributed by atoms with Crippen molar-refractivity contribution in [3.63, 3.8) is 0 Å². The number of hydrogen-bond donors (Lipinski definition) is 0. The highest BCUT2D eigenvalue weighted by Gasteiger charge is 2.45. The van der Waals surface area contributed by atoms with E-state index in [1.165, 1.54) is 38.9 Å². The van der Waals surface area contributed by atoms with Gasteiger partial charge in [-0.1, -0.05) is 143 Å². The van der Waals surface area contributed by atoms with Gasteiger partial charge in [0.1, 0.15) is 11.2 Å². The molecule has 4 heteroatoms. The summed E-state index contributed by atoms with van der Waals surface area (Å²) in [6.45, 7) is 9.40. The van der Waals surface area contributed by atoms with Gasteiger partial charge in [0, 0.05) is 38.5 Å². The first-order valence-electron chi connectivity index (χ1n) is 20.2. The summed E-state index contributed by atoms with van der Waals surface area (Å²) < 4.78 is 13.8. The van der Waals surface area contributed by atoms with Crippen LogP contribution in [0.25, 0.3) is 44.2 Å². The van der Waals surface area contributed by atoms with Gasteiger partial charge in [0.15, 0.2) is 11.5 Å². The lowest BCUT2D eigenvalue weighted by molar-refractivity contribution is 0.472. The molecule has 2 aliphatic heterocycles. The van der Waals surface area contributed by atoms with E-state index >= 15 is 0 Å². The maximum Gasteiger partial charge on any atom is 0.175 e. The fourth-order valence-corrected chi connectivity index (χ4v) is 10.3. The second kappa shape index (κ2) is 11.7. The van der Waals surface area contributed by atoms with Crippen molar-refractivity contribution in [2.45, 2.75) is 38.5 Å². The second-order valence-corrected chi connectivity index (χ2v) is 16.9. The Morgan fingerprint density at radius 1 is 0.483 bits per heavy atom. The molecule has 12 rings (SSSR count). The molecule has 0 amide bonds. The minimum Gasteiger partial charge on any atom is -0.455 e. The van der Waals surface area contributed by atoms with Crippen LogP contribution in [0.15, 0.2) is 174 Å². The summed E-state index contributed by atoms with van der Waals surface area (Å²) in [5.74, 6) is 1.66. The minimum absolute atomic E-state index is 0.140. The SMILES string of the molecule is CC1(C)c2ccccc2-c2ccc(N(c3ccccc3)c3ccc4c5c3Oc3ccccc3N5c3cccc(-c5cccc6c5oc5ccccc56)c3C4(C)C)cc21. The monoisotopic (exact) mass is 748 g/mol. The van der Waals surface area contributed by atoms with Crippen LogP contribution in [0.4, 0.5) is 34.1 Å². The molecular weight excluding hydrogens is 709 g/mol. The molecule has 3 aliphatic rings. The van der Waals surface area contributed by atoms with Gasteiger partial charge in [-0.2, -0.15) is 0 Å². The maximum atomic E-state index is 7.18. The van der Waals surface area contributed by atoms with Gasteiger partial charge in [0.2, 0.25) is 0 Å². The predicted octanol–water partition coefficient (Wildman–Crippen LogP) is 15.2. The molecule has 8 aromatic carbocycles. The summed E-state index contributed by atoms with van der Waals surface area (Å²) in [6, 6.07) is 61.2. The molecule has 0 spiro atoms. The van der Waals surface area contributed by atoms with E-state index in [1.807, 2.05) is 6.07 Å². The summed E-state index contributed by atoms with van der Waals surface area (Å²) in [6.07, 6.45) is 0. The highest BCUT2D eigenvalue weighted by molar-refractivity contribution is 6.10. The molecule has 0 unspecified atom stereocenters. The van der Waals surface area contributed by atoms with Gasteiger partial charge in [-0.25, -0.2) is 0 Å². The molecule has 278 valence electrons. The lowest BCUT2D eigenvalue weighted by Gasteiger charge is -2.46. The number of rotatable bonds is 4. The topological polar surface area (TPSA) is 28.9 Å². The maximum absolute atomic E-state index is 7.18. The van der Waals surface area contributed by atoms with Crippen molar-refractivity contribution in [3.05, 3.63) is 192 Å². The van der Waals surface area contributed by atoms with Gasteiger partial charge < -0.3 is 19.0 Å². The van der Waals surface area contributed by atoms with E-state index in [0.717, 1.165) is 73.1 Å². The van der Waals surface area contributed by atoms with Gasteiger partial charge in [-0.15, -0.1) is 0 Å². The van der Waals surface area contributed by atoms with E-state index in [-0.39, 0.29) is 5.41 Å². The number of para-hydroxylation sites is 5. The third-order valence-corrected chi connectivity index (χ3v) is 13.0. The molecule has 0 radical (unpaired) electrons. The number of ether oxygens (including phenoxy) is 1. The van der Waals surface area contributed by atoms with Crippen LogP contribution in [-0.4, -0.2) is 0 Å². The summed E-state index contributed by atoms with van der Waals surface area (Å²) >= 11 is 0. The summed E-state index contributed by atoms with van der Waals surface area (Å²) in [7, 11) is 0. The highest BCUT2D eigenvalue weighted by Crippen LogP contribution is 2.64. The normalized spacial score (nSPS) is 14.9. The fraction of sp³-hybridized carbons (Fsp3) is 0.111. The molecule has 0 saturated carbocycles. The van der Waals surface area contributed by atoms with Crippen molar-refractivity contribution in [1.29, 1.82) is 0 Å². The number of benzene rings is 8. The van der Waals surface area contributed by atoms with Gasteiger partial charge >= 0.3 is 0 Å². The van der Waals surface area contributed by atoms with Crippen LogP contribution in [0.1, 0.15) is 49.9 Å². The summed E-state index contributed by atoms with van der Waals surface area (Å²) in [4.78, 5) is 4.82. The van der Waals surface area contributed by atoms with Crippen LogP contribution >= 0.6 is 0 Å². The van der Waals surface area contributed by atoms with Gasteiger partial charge in [0.25, 0.3) is 0 Å². The Kier molecular flexibility index (Phi) is 6.71. The minimum atomic E-state index is -0.407. The molecule has 0 N–H and O–H groups in total. The Morgan fingerprint density at radius 3 is 2.07 bits per heavy atom. The van der Waals surface area contributed by atoms with Crippen molar-refractivity contribution in [2.75, 3.05) is 9.80 Å². The molecule has 1 aliphatic carbocycles. The van der Waals surface area contributed by atoms with Crippen LogP contribution in [0, 0.1) is 0 Å². The molecular formula is C54H40N2O2. The number of hydrogen-bond acceptors (Lipinski definition) is 4. The highest BCUT2D eigenvalue weighted by atomic mass is 16.5. The Labute approximate surface area is 338 Å². The predicted molar refractivity (Wildman–Crippen MR) is 238 cm³/mol. The summed E-state index contributed by atoms with van der Waals surface area (Å²) in [5, 5.41) is 2.26. The lowest BCUT2D eigenvalue weighted by atomic mass is 9.70. The molecule has 0 atom stereocenters. The fourth-order valence-electron chi connectivity index (χ4n) is 10.3. The van der Waals surface area contributed by atoms with E-state index in [4.69, 9.17) is 9.15 Å². The first kappa shape index (κ1) is 33.1. The van der Waals surface area contributed by atoms with Crippen molar-refractivity contribution in [1.82, 2.24) is 0 Å². The smallest absolute Gasteiger partial charge is 0.175 e. The lowest BCUT2D eigenvalue weighted by Crippen LogP contribution is -2.33.